The molecule has 0 aromatic carbocycles. The van der Waals surface area contributed by atoms with Gasteiger partial charge in [0.25, 0.3) is 0 Å². The van der Waals surface area contributed by atoms with Gasteiger partial charge >= 0.3 is 0 Å². The molecular weight excluding hydrogens is 146 g/mol. The minimum atomic E-state index is -0.574. The summed E-state index contributed by atoms with van der Waals surface area (Å²) in [7, 11) is 0. The maximum atomic E-state index is 10.4. The van der Waals surface area contributed by atoms with E-state index in [2.05, 4.69) is 0 Å². The van der Waals surface area contributed by atoms with Gasteiger partial charge in [0.05, 0.1) is 6.04 Å². The van der Waals surface area contributed by atoms with E-state index in [-0.39, 0.29) is 17.0 Å². The van der Waals surface area contributed by atoms with Crippen LogP contribution in [-0.2, 0) is 0 Å². The molecule has 0 bridgehead atoms. The van der Waals surface area contributed by atoms with Crippen LogP contribution in [0.2, 0.25) is 0 Å². The van der Waals surface area contributed by atoms with Crippen molar-refractivity contribution in [2.24, 2.45) is 11.5 Å². The Morgan fingerprint density at radius 1 is 1.36 bits per heavy atom. The fourth-order valence-corrected chi connectivity index (χ4v) is 1.49. The van der Waals surface area contributed by atoms with Gasteiger partial charge in [-0.15, -0.1) is 0 Å². The molecule has 0 aromatic rings. The number of hydrogen-bond acceptors (Lipinski definition) is 4. The average molecular weight is 159 g/mol. The van der Waals surface area contributed by atoms with Gasteiger partial charge in [-0.3, -0.25) is 10.1 Å². The third-order valence-electron chi connectivity index (χ3n) is 2.17. The minimum absolute atomic E-state index is 0.0567. The summed E-state index contributed by atoms with van der Waals surface area (Å²) in [4.78, 5) is 10.1. The summed E-state index contributed by atoms with van der Waals surface area (Å²) >= 11 is 0. The Kier molecular flexibility index (Phi) is 2.41. The first-order valence-corrected chi connectivity index (χ1v) is 3.76. The SMILES string of the molecule is NC1CCC([N+](=O)[O-])C(N)C1. The molecule has 1 aliphatic carbocycles. The molecular formula is C6H13N3O2. The highest BCUT2D eigenvalue weighted by Crippen LogP contribution is 2.18. The highest BCUT2D eigenvalue weighted by atomic mass is 16.6. The summed E-state index contributed by atoms with van der Waals surface area (Å²) < 4.78 is 0. The largest absolute Gasteiger partial charge is 0.328 e. The van der Waals surface area contributed by atoms with Gasteiger partial charge in [0, 0.05) is 17.4 Å². The molecule has 3 atom stereocenters. The van der Waals surface area contributed by atoms with E-state index in [0.29, 0.717) is 12.8 Å². The van der Waals surface area contributed by atoms with Crippen LogP contribution in [0.4, 0.5) is 0 Å². The highest BCUT2D eigenvalue weighted by Gasteiger charge is 2.34. The second-order valence-electron chi connectivity index (χ2n) is 3.09. The van der Waals surface area contributed by atoms with Gasteiger partial charge in [0.15, 0.2) is 0 Å². The van der Waals surface area contributed by atoms with Crippen LogP contribution in [0.3, 0.4) is 0 Å². The maximum Gasteiger partial charge on any atom is 0.228 e. The second-order valence-corrected chi connectivity index (χ2v) is 3.09. The van der Waals surface area contributed by atoms with Crippen molar-refractivity contribution in [1.29, 1.82) is 0 Å². The van der Waals surface area contributed by atoms with E-state index in [1.165, 1.54) is 0 Å². The smallest absolute Gasteiger partial charge is 0.228 e. The number of hydrogen-bond donors (Lipinski definition) is 2. The highest BCUT2D eigenvalue weighted by molar-refractivity contribution is 4.84. The molecule has 1 rings (SSSR count). The Balaban J connectivity index is 2.50. The molecule has 1 aliphatic rings. The minimum Gasteiger partial charge on any atom is -0.328 e. The second kappa shape index (κ2) is 3.15. The fourth-order valence-electron chi connectivity index (χ4n) is 1.49. The third kappa shape index (κ3) is 1.87. The molecule has 0 heterocycles. The normalized spacial score (nSPS) is 38.5. The standard InChI is InChI=1S/C6H13N3O2/c7-4-1-2-6(9(10)11)5(8)3-4/h4-6H,1-3,7-8H2. The molecule has 0 saturated heterocycles. The summed E-state index contributed by atoms with van der Waals surface area (Å²) in [5, 5.41) is 10.4. The number of rotatable bonds is 1. The maximum absolute atomic E-state index is 10.4. The van der Waals surface area contributed by atoms with Gasteiger partial charge in [0.2, 0.25) is 6.04 Å². The zero-order valence-corrected chi connectivity index (χ0v) is 6.27. The molecule has 0 aromatic heterocycles. The van der Waals surface area contributed by atoms with Gasteiger partial charge in [-0.25, -0.2) is 0 Å². The van der Waals surface area contributed by atoms with Crippen LogP contribution in [0.5, 0.6) is 0 Å². The summed E-state index contributed by atoms with van der Waals surface area (Å²) in [6.07, 6.45) is 1.82. The molecule has 3 unspecified atom stereocenters. The first-order chi connectivity index (χ1) is 5.11. The molecule has 1 saturated carbocycles. The van der Waals surface area contributed by atoms with Crippen molar-refractivity contribution in [3.63, 3.8) is 0 Å². The van der Waals surface area contributed by atoms with Gasteiger partial charge in [0.1, 0.15) is 0 Å². The topological polar surface area (TPSA) is 95.2 Å². The van der Waals surface area contributed by atoms with Crippen LogP contribution >= 0.6 is 0 Å². The van der Waals surface area contributed by atoms with Crippen molar-refractivity contribution >= 4 is 0 Å². The van der Waals surface area contributed by atoms with Crippen molar-refractivity contribution in [2.45, 2.75) is 37.4 Å². The third-order valence-corrected chi connectivity index (χ3v) is 2.17. The quantitative estimate of drug-likeness (QED) is 0.397. The molecule has 11 heavy (non-hydrogen) atoms. The summed E-state index contributed by atoms with van der Waals surface area (Å²) in [5.74, 6) is 0. The van der Waals surface area contributed by atoms with Crippen LogP contribution in [0, 0.1) is 10.1 Å². The van der Waals surface area contributed by atoms with Gasteiger partial charge in [-0.2, -0.15) is 0 Å². The monoisotopic (exact) mass is 159 g/mol. The van der Waals surface area contributed by atoms with Crippen molar-refractivity contribution in [3.05, 3.63) is 10.1 Å². The van der Waals surface area contributed by atoms with E-state index in [1.54, 1.807) is 0 Å². The van der Waals surface area contributed by atoms with Crippen LogP contribution in [0.1, 0.15) is 19.3 Å². The van der Waals surface area contributed by atoms with E-state index in [9.17, 15) is 10.1 Å². The van der Waals surface area contributed by atoms with Gasteiger partial charge < -0.3 is 11.5 Å². The number of nitrogens with two attached hydrogens (primary N) is 2. The van der Waals surface area contributed by atoms with E-state index >= 15 is 0 Å². The molecule has 0 amide bonds. The molecule has 64 valence electrons. The lowest BCUT2D eigenvalue weighted by molar-refractivity contribution is -0.529. The lowest BCUT2D eigenvalue weighted by atomic mass is 9.88. The Bertz CT molecular complexity index is 162. The summed E-state index contributed by atoms with van der Waals surface area (Å²) in [6, 6.07) is -0.871. The van der Waals surface area contributed by atoms with Crippen molar-refractivity contribution in [3.8, 4) is 0 Å². The summed E-state index contributed by atoms with van der Waals surface area (Å²) in [6.45, 7) is 0. The van der Waals surface area contributed by atoms with Crippen molar-refractivity contribution in [2.75, 3.05) is 0 Å². The van der Waals surface area contributed by atoms with Crippen LogP contribution in [0.15, 0.2) is 0 Å². The molecule has 1 fully saturated rings. The predicted octanol–water partition coefficient (Wildman–Crippen LogP) is -0.530. The molecule has 0 aliphatic heterocycles. The fraction of sp³-hybridized carbons (Fsp3) is 1.00. The van der Waals surface area contributed by atoms with Crippen LogP contribution in [-0.4, -0.2) is 23.0 Å². The molecule has 0 radical (unpaired) electrons. The van der Waals surface area contributed by atoms with Crippen molar-refractivity contribution in [1.82, 2.24) is 0 Å². The Hall–Kier alpha value is -0.680. The zero-order valence-electron chi connectivity index (χ0n) is 6.27. The summed E-state index contributed by atoms with van der Waals surface area (Å²) in [5.41, 5.74) is 11.1. The van der Waals surface area contributed by atoms with E-state index in [4.69, 9.17) is 11.5 Å². The first kappa shape index (κ1) is 8.42. The Morgan fingerprint density at radius 2 is 2.00 bits per heavy atom. The lowest BCUT2D eigenvalue weighted by Crippen LogP contribution is -2.48. The Morgan fingerprint density at radius 3 is 2.45 bits per heavy atom. The predicted molar refractivity (Wildman–Crippen MR) is 40.6 cm³/mol. The van der Waals surface area contributed by atoms with Crippen LogP contribution in [0.25, 0.3) is 0 Å². The van der Waals surface area contributed by atoms with Crippen molar-refractivity contribution < 1.29 is 4.92 Å². The first-order valence-electron chi connectivity index (χ1n) is 3.76. The van der Waals surface area contributed by atoms with Crippen LogP contribution < -0.4 is 11.5 Å². The lowest BCUT2D eigenvalue weighted by Gasteiger charge is -2.26. The van der Waals surface area contributed by atoms with Gasteiger partial charge in [-0.1, -0.05) is 0 Å². The van der Waals surface area contributed by atoms with Gasteiger partial charge in [-0.05, 0) is 12.8 Å². The molecule has 0 spiro atoms. The average Bonchev–Trinajstić information content (AvgIpc) is 1.85. The van der Waals surface area contributed by atoms with E-state index < -0.39 is 6.04 Å². The zero-order chi connectivity index (χ0) is 8.43. The molecule has 4 N–H and O–H groups in total. The number of nitrogens with zero attached hydrogens (tertiary/aromatic N) is 1. The van der Waals surface area contributed by atoms with E-state index in [0.717, 1.165) is 6.42 Å². The molecule has 5 heteroatoms. The Labute approximate surface area is 64.9 Å². The number of nitro groups is 1. The molecule has 5 nitrogen and oxygen atoms in total. The van der Waals surface area contributed by atoms with E-state index in [1.807, 2.05) is 0 Å².